The Morgan fingerprint density at radius 2 is 0.848 bits per heavy atom. The molecule has 24 nitrogen and oxygen atoms in total. The van der Waals surface area contributed by atoms with Crippen LogP contribution in [0.25, 0.3) is 76.8 Å². The van der Waals surface area contributed by atoms with Crippen LogP contribution in [0, 0.1) is 30.1 Å². The van der Waals surface area contributed by atoms with Crippen LogP contribution in [-0.2, 0) is 81.4 Å². The van der Waals surface area contributed by atoms with Crippen molar-refractivity contribution in [1.82, 2.24) is 46.1 Å². The summed E-state index contributed by atoms with van der Waals surface area (Å²) in [5, 5.41) is 34.8. The summed E-state index contributed by atoms with van der Waals surface area (Å²) in [4.78, 5) is 31.6. The third-order valence-electron chi connectivity index (χ3n) is 23.0. The summed E-state index contributed by atoms with van der Waals surface area (Å²) < 4.78 is 94.3. The van der Waals surface area contributed by atoms with Gasteiger partial charge >= 0.3 is 5.97 Å². The highest BCUT2D eigenvalue weighted by molar-refractivity contribution is 7.91. The van der Waals surface area contributed by atoms with E-state index < -0.39 is 37.3 Å². The second kappa shape index (κ2) is 50.3. The molecule has 0 saturated heterocycles. The molecule has 0 amide bonds. The van der Waals surface area contributed by atoms with Gasteiger partial charge in [0.15, 0.2) is 19.7 Å². The summed E-state index contributed by atoms with van der Waals surface area (Å²) in [6.07, 6.45) is 25.1. The molecule has 722 valence electrons. The molecule has 26 heteroatoms. The Morgan fingerprint density at radius 1 is 0.428 bits per heavy atom. The van der Waals surface area contributed by atoms with E-state index in [1.807, 2.05) is 162 Å². The fourth-order valence-electron chi connectivity index (χ4n) is 15.6. The van der Waals surface area contributed by atoms with Crippen LogP contribution in [0.2, 0.25) is 0 Å². The number of furan rings is 7. The number of anilines is 1. The largest absolute Gasteiger partial charge is 0.464 e. The molecule has 0 saturated carbocycles. The average Bonchev–Trinajstić information content (AvgIpc) is 1.52. The molecule has 10 aromatic heterocycles. The molecule has 0 aliphatic rings. The molecule has 0 spiro atoms. The Morgan fingerprint density at radius 3 is 1.31 bits per heavy atom. The Bertz CT molecular complexity index is 6930. The summed E-state index contributed by atoms with van der Waals surface area (Å²) >= 11 is 0. The highest BCUT2D eigenvalue weighted by atomic mass is 32.2. The van der Waals surface area contributed by atoms with Crippen LogP contribution >= 0.6 is 0 Å². The molecule has 2 atom stereocenters. The number of fused-ring (bicyclic) bond motifs is 7. The molecule has 18 aromatic rings. The SMILES string of the molecule is CC(C)(C)OC(=O)CCCCN(Cc1ccc2occc2c1)Cc1ccc2occc2c1.CC(C)CNCC(C)(C)CCS(=O)(=O)c1ccc2occc2c1.CC(C)CNC[C@@H](O)[C@H](Cc1ccccc1)CS(=O)(=O)c1ccc2occc2c1.Cc1cnc(CNCc2ccc3occc3c2)cn1.c1cc(CNCc2ccc3occc3c2)ccn1.c1cc(NCc2ccc3occc3c2)ccn1. The Hall–Kier alpha value is -13.2. The Balaban J connectivity index is 0.000000142. The molecule has 0 unspecified atom stereocenters. The van der Waals surface area contributed by atoms with Crippen LogP contribution in [0.1, 0.15) is 138 Å². The molecule has 0 aliphatic carbocycles. The number of ether oxygens (including phenoxy) is 1. The maximum Gasteiger partial charge on any atom is 0.306 e. The number of unbranched alkanes of at least 4 members (excludes halogenated alkanes) is 1. The predicted octanol–water partition coefficient (Wildman–Crippen LogP) is 23.6. The number of aryl methyl sites for hydroxylation is 1. The molecule has 138 heavy (non-hydrogen) atoms. The number of rotatable bonds is 38. The van der Waals surface area contributed by atoms with Crippen LogP contribution in [0.3, 0.4) is 0 Å². The van der Waals surface area contributed by atoms with Crippen molar-refractivity contribution >= 4 is 108 Å². The second-order valence-electron chi connectivity index (χ2n) is 37.4. The molecule has 0 aliphatic heterocycles. The van der Waals surface area contributed by atoms with E-state index in [-0.39, 0.29) is 27.8 Å². The molecule has 18 rings (SSSR count). The summed E-state index contributed by atoms with van der Waals surface area (Å²) in [6, 6.07) is 72.4. The van der Waals surface area contributed by atoms with Crippen molar-refractivity contribution in [3.63, 3.8) is 0 Å². The first kappa shape index (κ1) is 102. The van der Waals surface area contributed by atoms with Gasteiger partial charge in [0.25, 0.3) is 0 Å². The number of pyridine rings is 2. The quantitative estimate of drug-likeness (QED) is 0.0155. The minimum absolute atomic E-state index is 0.0539. The van der Waals surface area contributed by atoms with Crippen molar-refractivity contribution in [3.8, 4) is 0 Å². The summed E-state index contributed by atoms with van der Waals surface area (Å²) in [5.41, 5.74) is 16.9. The maximum absolute atomic E-state index is 13.1. The van der Waals surface area contributed by atoms with Crippen LogP contribution in [0.5, 0.6) is 0 Å². The fourth-order valence-corrected chi connectivity index (χ4v) is 18.9. The zero-order valence-electron chi connectivity index (χ0n) is 80.4. The highest BCUT2D eigenvalue weighted by Crippen LogP contribution is 2.30. The van der Waals surface area contributed by atoms with Crippen molar-refractivity contribution in [2.24, 2.45) is 23.2 Å². The number of hydrogen-bond donors (Lipinski definition) is 6. The van der Waals surface area contributed by atoms with E-state index in [4.69, 9.17) is 35.7 Å². The molecule has 8 aromatic carbocycles. The zero-order chi connectivity index (χ0) is 97.3. The lowest BCUT2D eigenvalue weighted by atomic mass is 9.90. The van der Waals surface area contributed by atoms with Crippen LogP contribution in [-0.4, -0.2) is 109 Å². The van der Waals surface area contributed by atoms with Crippen molar-refractivity contribution in [2.75, 3.05) is 49.5 Å². The monoisotopic (exact) mass is 1900 g/mol. The van der Waals surface area contributed by atoms with E-state index in [9.17, 15) is 26.7 Å². The zero-order valence-corrected chi connectivity index (χ0v) is 82.1. The third-order valence-corrected chi connectivity index (χ3v) is 26.5. The number of aliphatic hydroxyl groups excluding tert-OH is 1. The molecule has 0 bridgehead atoms. The standard InChI is InChI=1S/C27H31NO4.C23H29NO4S.C18H27NO3S.C15H15N3O.C15H14N2O.C14H12N2O/c1-27(2,3)32-26(29)6-4-5-13-28(18-20-7-9-24-22(16-20)11-14-30-24)19-21-8-10-25-23(17-21)12-15-31-25;1-17(2)14-24-15-22(25)20(12-18-6-4-3-5-7-18)16-29(26,27)21-8-9-23-19(13-21)10-11-28-23;1-14(2)12-19-13-18(3,4)8-10-23(20,21)16-5-6-17-15(11-16)7-9-22-17;1-11-7-18-14(10-17-11)9-16-8-12-2-3-15-13(6-12)4-5-19-15;1-2-15-14(5-8-18-15)9-13(1)11-17-10-12-3-6-16-7-4-12;1-2-14-12(5-8-17-14)9-11(1)10-16-13-3-6-15-7-4-13/h7-12,14-17H,4-6,13,18-19H2,1-3H3;3-11,13,17,20,22,24-25H,12,14-16H2,1-2H3;5-7,9,11,14,19H,8,10,12-13H2,1-4H3;2-7,10,16H,8-9H2,1H3;1-9,17H,10-11H2;1-9H,10H2,(H,15,16)/t;20-,22-;;;;/m.1..../s1. The number of nitrogens with zero attached hydrogens (tertiary/aromatic N) is 5. The normalized spacial score (nSPS) is 12.2. The topological polar surface area (TPSA) is 322 Å². The molecule has 6 N–H and O–H groups in total. The van der Waals surface area contributed by atoms with Crippen LogP contribution in [0.4, 0.5) is 5.69 Å². The highest BCUT2D eigenvalue weighted by Gasteiger charge is 2.29. The van der Waals surface area contributed by atoms with Gasteiger partial charge in [-0.25, -0.2) is 16.8 Å². The van der Waals surface area contributed by atoms with Crippen molar-refractivity contribution in [1.29, 1.82) is 0 Å². The van der Waals surface area contributed by atoms with E-state index in [2.05, 4.69) is 154 Å². The number of esters is 1. The van der Waals surface area contributed by atoms with Gasteiger partial charge in [0.2, 0.25) is 0 Å². The van der Waals surface area contributed by atoms with Crippen molar-refractivity contribution in [2.45, 2.75) is 169 Å². The number of aliphatic hydroxyl groups is 1. The number of carbonyl (C=O) groups is 1. The maximum atomic E-state index is 13.1. The molecular formula is C112H128N10O14S2. The van der Waals surface area contributed by atoms with E-state index >= 15 is 0 Å². The fraction of sp³-hybridized carbons (Fsp3) is 0.312. The second-order valence-corrected chi connectivity index (χ2v) is 41.5. The lowest BCUT2D eigenvalue weighted by molar-refractivity contribution is -0.154. The Kier molecular flexibility index (Phi) is 37.2. The Labute approximate surface area is 808 Å². The van der Waals surface area contributed by atoms with Gasteiger partial charge < -0.3 is 67.3 Å². The molecule has 0 radical (unpaired) electrons. The number of hydrogen-bond acceptors (Lipinski definition) is 24. The minimum atomic E-state index is -3.56. The first-order chi connectivity index (χ1) is 66.5. The number of nitrogens with one attached hydrogen (secondary N) is 5. The summed E-state index contributed by atoms with van der Waals surface area (Å²) in [5.74, 6) is 0.557. The van der Waals surface area contributed by atoms with E-state index in [0.29, 0.717) is 53.7 Å². The van der Waals surface area contributed by atoms with Gasteiger partial charge in [0, 0.05) is 152 Å². The molecule has 10 heterocycles. The molecular weight excluding hydrogens is 1770 g/mol. The van der Waals surface area contributed by atoms with Gasteiger partial charge in [-0.3, -0.25) is 29.6 Å². The average molecular weight is 1900 g/mol. The van der Waals surface area contributed by atoms with Crippen molar-refractivity contribution in [3.05, 3.63) is 356 Å². The minimum Gasteiger partial charge on any atom is -0.464 e. The van der Waals surface area contributed by atoms with E-state index in [1.165, 1.54) is 33.4 Å². The van der Waals surface area contributed by atoms with Gasteiger partial charge in [-0.1, -0.05) is 102 Å². The van der Waals surface area contributed by atoms with Crippen LogP contribution < -0.4 is 26.6 Å². The van der Waals surface area contributed by atoms with Gasteiger partial charge in [-0.15, -0.1) is 0 Å². The van der Waals surface area contributed by atoms with Gasteiger partial charge in [0.05, 0.1) is 82.6 Å². The lowest BCUT2D eigenvalue weighted by Crippen LogP contribution is -2.38. The predicted molar refractivity (Wildman–Crippen MR) is 549 cm³/mol. The molecule has 0 fully saturated rings. The van der Waals surface area contributed by atoms with E-state index in [1.54, 1.807) is 111 Å². The number of benzene rings is 8. The number of sulfone groups is 2. The lowest BCUT2D eigenvalue weighted by Gasteiger charge is -2.25. The number of carbonyl (C=O) groups excluding carboxylic acids is 1. The third kappa shape index (κ3) is 32.8. The summed E-state index contributed by atoms with van der Waals surface area (Å²) in [6.45, 7) is 29.9. The first-order valence-corrected chi connectivity index (χ1v) is 50.4. The van der Waals surface area contributed by atoms with Gasteiger partial charge in [0.1, 0.15) is 44.7 Å². The summed E-state index contributed by atoms with van der Waals surface area (Å²) in [7, 11) is -6.84. The first-order valence-electron chi connectivity index (χ1n) is 47.0. The number of aromatic nitrogens is 4. The smallest absolute Gasteiger partial charge is 0.306 e. The van der Waals surface area contributed by atoms with Crippen molar-refractivity contribution < 1.29 is 62.4 Å². The van der Waals surface area contributed by atoms with Crippen LogP contribution in [0.15, 0.2) is 346 Å². The van der Waals surface area contributed by atoms with Gasteiger partial charge in [-0.05, 0) is 293 Å². The van der Waals surface area contributed by atoms with E-state index in [0.717, 1.165) is 173 Å². The van der Waals surface area contributed by atoms with Gasteiger partial charge in [-0.2, -0.15) is 0 Å².